The molecule has 0 saturated heterocycles. The Hall–Kier alpha value is -2.57. The van der Waals surface area contributed by atoms with E-state index in [1.165, 1.54) is 19.3 Å². The minimum atomic E-state index is 0.621. The van der Waals surface area contributed by atoms with Gasteiger partial charge in [0.2, 0.25) is 0 Å². The lowest BCUT2D eigenvalue weighted by Gasteiger charge is -2.23. The third-order valence-electron chi connectivity index (χ3n) is 4.76. The zero-order chi connectivity index (χ0) is 18.4. The maximum atomic E-state index is 5.44. The van der Waals surface area contributed by atoms with Crippen molar-refractivity contribution >= 4 is 5.96 Å². The first-order valence-electron chi connectivity index (χ1n) is 9.17. The molecule has 1 aromatic heterocycles. The van der Waals surface area contributed by atoms with E-state index in [9.17, 15) is 0 Å². The highest BCUT2D eigenvalue weighted by Crippen LogP contribution is 2.19. The predicted molar refractivity (Wildman–Crippen MR) is 102 cm³/mol. The standard InChI is InChI=1S/C19H28N6O/c1-20-19(24(2)14-15-9-6-7-10-16(15)26-3)21-13-18-23-22-17-11-5-4-8-12-25(17)18/h6-7,9-10H,4-5,8,11-14H2,1-3H3,(H,20,21). The second-order valence-electron chi connectivity index (χ2n) is 6.56. The van der Waals surface area contributed by atoms with E-state index in [1.807, 2.05) is 25.2 Å². The fourth-order valence-electron chi connectivity index (χ4n) is 3.38. The van der Waals surface area contributed by atoms with Crippen molar-refractivity contribution in [2.75, 3.05) is 21.2 Å². The summed E-state index contributed by atoms with van der Waals surface area (Å²) in [7, 11) is 5.51. The Morgan fingerprint density at radius 3 is 2.92 bits per heavy atom. The number of benzene rings is 1. The molecule has 26 heavy (non-hydrogen) atoms. The second-order valence-corrected chi connectivity index (χ2v) is 6.56. The molecule has 140 valence electrons. The van der Waals surface area contributed by atoms with Crippen LogP contribution in [-0.2, 0) is 26.1 Å². The Labute approximate surface area is 155 Å². The average Bonchev–Trinajstić information content (AvgIpc) is 2.89. The molecule has 1 aliphatic heterocycles. The van der Waals surface area contributed by atoms with E-state index in [1.54, 1.807) is 14.2 Å². The van der Waals surface area contributed by atoms with Crippen LogP contribution in [0.4, 0.5) is 0 Å². The number of aromatic nitrogens is 3. The van der Waals surface area contributed by atoms with E-state index < -0.39 is 0 Å². The lowest BCUT2D eigenvalue weighted by atomic mass is 10.2. The normalized spacial score (nSPS) is 14.5. The SMILES string of the molecule is CN=C(NCc1nnc2n1CCCCC2)N(C)Cc1ccccc1OC. The molecule has 0 atom stereocenters. The van der Waals surface area contributed by atoms with Gasteiger partial charge in [0.05, 0.1) is 13.7 Å². The van der Waals surface area contributed by atoms with Gasteiger partial charge in [0.25, 0.3) is 0 Å². The number of hydrogen-bond donors (Lipinski definition) is 1. The number of aliphatic imine (C=N–C) groups is 1. The smallest absolute Gasteiger partial charge is 0.194 e. The van der Waals surface area contributed by atoms with Crippen molar-refractivity contribution in [3.63, 3.8) is 0 Å². The van der Waals surface area contributed by atoms with Crippen LogP contribution >= 0.6 is 0 Å². The van der Waals surface area contributed by atoms with Crippen LogP contribution in [0.1, 0.15) is 36.5 Å². The molecule has 1 N–H and O–H groups in total. The summed E-state index contributed by atoms with van der Waals surface area (Å²) in [5.41, 5.74) is 1.12. The fourth-order valence-corrected chi connectivity index (χ4v) is 3.38. The highest BCUT2D eigenvalue weighted by Gasteiger charge is 2.16. The second kappa shape index (κ2) is 8.69. The van der Waals surface area contributed by atoms with E-state index in [0.717, 1.165) is 41.9 Å². The number of hydrogen-bond acceptors (Lipinski definition) is 4. The number of ether oxygens (including phenoxy) is 1. The van der Waals surface area contributed by atoms with Gasteiger partial charge >= 0.3 is 0 Å². The molecule has 0 fully saturated rings. The van der Waals surface area contributed by atoms with E-state index in [-0.39, 0.29) is 0 Å². The Kier molecular flexibility index (Phi) is 6.09. The summed E-state index contributed by atoms with van der Waals surface area (Å²) in [6.07, 6.45) is 4.68. The van der Waals surface area contributed by atoms with Crippen LogP contribution in [0.15, 0.2) is 29.3 Å². The van der Waals surface area contributed by atoms with Crippen molar-refractivity contribution in [3.8, 4) is 5.75 Å². The number of guanidine groups is 1. The van der Waals surface area contributed by atoms with Crippen LogP contribution in [-0.4, -0.2) is 46.8 Å². The van der Waals surface area contributed by atoms with Gasteiger partial charge in [-0.2, -0.15) is 0 Å². The van der Waals surface area contributed by atoms with Gasteiger partial charge in [-0.25, -0.2) is 0 Å². The lowest BCUT2D eigenvalue weighted by molar-refractivity contribution is 0.395. The Bertz CT molecular complexity index is 754. The van der Waals surface area contributed by atoms with Crippen molar-refractivity contribution < 1.29 is 4.74 Å². The number of nitrogens with zero attached hydrogens (tertiary/aromatic N) is 5. The molecule has 0 unspecified atom stereocenters. The van der Waals surface area contributed by atoms with Crippen molar-refractivity contribution in [2.24, 2.45) is 4.99 Å². The van der Waals surface area contributed by atoms with Crippen LogP contribution in [0, 0.1) is 0 Å². The molecule has 2 aromatic rings. The highest BCUT2D eigenvalue weighted by atomic mass is 16.5. The van der Waals surface area contributed by atoms with Crippen LogP contribution in [0.2, 0.25) is 0 Å². The molecule has 1 aromatic carbocycles. The van der Waals surface area contributed by atoms with Crippen LogP contribution in [0.5, 0.6) is 5.75 Å². The van der Waals surface area contributed by atoms with Crippen LogP contribution in [0.25, 0.3) is 0 Å². The number of para-hydroxylation sites is 1. The molecule has 2 heterocycles. The number of aryl methyl sites for hydroxylation is 1. The maximum Gasteiger partial charge on any atom is 0.194 e. The monoisotopic (exact) mass is 356 g/mol. The molecule has 7 nitrogen and oxygen atoms in total. The zero-order valence-corrected chi connectivity index (χ0v) is 15.9. The summed E-state index contributed by atoms with van der Waals surface area (Å²) in [6.45, 7) is 2.34. The molecule has 0 aliphatic carbocycles. The molecular weight excluding hydrogens is 328 g/mol. The number of rotatable bonds is 5. The van der Waals surface area contributed by atoms with Crippen LogP contribution < -0.4 is 10.1 Å². The summed E-state index contributed by atoms with van der Waals surface area (Å²) in [5.74, 6) is 3.80. The quantitative estimate of drug-likeness (QED) is 0.657. The van der Waals surface area contributed by atoms with Gasteiger partial charge in [0, 0.05) is 39.2 Å². The first kappa shape index (κ1) is 18.2. The molecule has 0 radical (unpaired) electrons. The third kappa shape index (κ3) is 4.15. The number of methoxy groups -OCH3 is 1. The highest BCUT2D eigenvalue weighted by molar-refractivity contribution is 5.79. The van der Waals surface area contributed by atoms with Gasteiger partial charge < -0.3 is 19.5 Å². The molecule has 0 spiro atoms. The average molecular weight is 356 g/mol. The molecule has 0 amide bonds. The van der Waals surface area contributed by atoms with Crippen molar-refractivity contribution in [3.05, 3.63) is 41.5 Å². The lowest BCUT2D eigenvalue weighted by Crippen LogP contribution is -2.38. The van der Waals surface area contributed by atoms with E-state index in [2.05, 4.69) is 36.0 Å². The predicted octanol–water partition coefficient (Wildman–Crippen LogP) is 2.22. The van der Waals surface area contributed by atoms with Crippen molar-refractivity contribution in [2.45, 2.75) is 45.3 Å². The van der Waals surface area contributed by atoms with Gasteiger partial charge in [-0.1, -0.05) is 24.6 Å². The van der Waals surface area contributed by atoms with E-state index in [4.69, 9.17) is 4.74 Å². The summed E-state index contributed by atoms with van der Waals surface area (Å²) < 4.78 is 7.70. The number of nitrogens with one attached hydrogen (secondary N) is 1. The molecular formula is C19H28N6O. The number of fused-ring (bicyclic) bond motifs is 1. The minimum Gasteiger partial charge on any atom is -0.496 e. The Morgan fingerprint density at radius 1 is 1.27 bits per heavy atom. The van der Waals surface area contributed by atoms with Gasteiger partial charge in [-0.05, 0) is 18.9 Å². The largest absolute Gasteiger partial charge is 0.496 e. The molecule has 3 rings (SSSR count). The summed E-state index contributed by atoms with van der Waals surface area (Å²) in [6, 6.07) is 8.05. The summed E-state index contributed by atoms with van der Waals surface area (Å²) in [4.78, 5) is 6.48. The van der Waals surface area contributed by atoms with Gasteiger partial charge in [0.15, 0.2) is 11.8 Å². The summed E-state index contributed by atoms with van der Waals surface area (Å²) in [5, 5.41) is 12.1. The van der Waals surface area contributed by atoms with E-state index in [0.29, 0.717) is 13.1 Å². The minimum absolute atomic E-state index is 0.621. The molecule has 1 aliphatic rings. The van der Waals surface area contributed by atoms with E-state index >= 15 is 0 Å². The molecule has 0 saturated carbocycles. The Morgan fingerprint density at radius 2 is 2.12 bits per heavy atom. The third-order valence-corrected chi connectivity index (χ3v) is 4.76. The zero-order valence-electron chi connectivity index (χ0n) is 15.9. The van der Waals surface area contributed by atoms with Gasteiger partial charge in [-0.15, -0.1) is 10.2 Å². The van der Waals surface area contributed by atoms with Crippen LogP contribution in [0.3, 0.4) is 0 Å². The van der Waals surface area contributed by atoms with Gasteiger partial charge in [0.1, 0.15) is 11.6 Å². The Balaban J connectivity index is 1.64. The van der Waals surface area contributed by atoms with Crippen molar-refractivity contribution in [1.29, 1.82) is 0 Å². The first-order chi connectivity index (χ1) is 12.7. The molecule has 7 heteroatoms. The van der Waals surface area contributed by atoms with Gasteiger partial charge in [-0.3, -0.25) is 4.99 Å². The molecule has 0 bridgehead atoms. The first-order valence-corrected chi connectivity index (χ1v) is 9.17. The topological polar surface area (TPSA) is 67.6 Å². The summed E-state index contributed by atoms with van der Waals surface area (Å²) >= 11 is 0. The van der Waals surface area contributed by atoms with Crippen molar-refractivity contribution in [1.82, 2.24) is 25.0 Å². The maximum absolute atomic E-state index is 5.44. The fraction of sp³-hybridized carbons (Fsp3) is 0.526.